The number of carboxylic acid groups (broad SMARTS) is 1. The minimum absolute atomic E-state index is 0.0189. The van der Waals surface area contributed by atoms with Gasteiger partial charge in [-0.15, -0.1) is 0 Å². The Hall–Kier alpha value is -2.93. The Bertz CT molecular complexity index is 1100. The van der Waals surface area contributed by atoms with Crippen LogP contribution in [0.15, 0.2) is 30.3 Å². The smallest absolute Gasteiger partial charge is 0.312 e. The number of rotatable bonds is 9. The molecule has 7 heteroatoms. The van der Waals surface area contributed by atoms with E-state index in [0.717, 1.165) is 94.6 Å². The number of aromatic nitrogens is 1. The summed E-state index contributed by atoms with van der Waals surface area (Å²) >= 11 is 0. The lowest BCUT2D eigenvalue weighted by molar-refractivity contribution is -0.138. The Balaban J connectivity index is 1.10. The lowest BCUT2D eigenvalue weighted by Crippen LogP contribution is -2.44. The van der Waals surface area contributed by atoms with Gasteiger partial charge in [-0.25, -0.2) is 4.98 Å². The summed E-state index contributed by atoms with van der Waals surface area (Å²) in [5, 5.41) is 16.2. The van der Waals surface area contributed by atoms with Crippen molar-refractivity contribution in [2.45, 2.75) is 63.7 Å². The average Bonchev–Trinajstić information content (AvgIpc) is 3.37. The molecule has 0 saturated carbocycles. The van der Waals surface area contributed by atoms with E-state index in [1.165, 1.54) is 23.1 Å². The zero-order valence-corrected chi connectivity index (χ0v) is 21.1. The maximum atomic E-state index is 13.0. The summed E-state index contributed by atoms with van der Waals surface area (Å²) in [7, 11) is 0. The van der Waals surface area contributed by atoms with Crippen molar-refractivity contribution in [1.82, 2.24) is 15.2 Å². The Morgan fingerprint density at radius 3 is 2.81 bits per heavy atom. The molecule has 1 fully saturated rings. The fourth-order valence-corrected chi connectivity index (χ4v) is 5.97. The van der Waals surface area contributed by atoms with Crippen LogP contribution in [0.25, 0.3) is 0 Å². The summed E-state index contributed by atoms with van der Waals surface area (Å²) < 4.78 is 0. The molecular formula is C29H38N4O3. The molecule has 192 valence electrons. The first-order valence-electron chi connectivity index (χ1n) is 13.6. The molecule has 0 unspecified atom stereocenters. The Kier molecular flexibility index (Phi) is 7.85. The van der Waals surface area contributed by atoms with Crippen LogP contribution in [0.5, 0.6) is 0 Å². The largest absolute Gasteiger partial charge is 0.481 e. The molecular weight excluding hydrogens is 452 g/mol. The van der Waals surface area contributed by atoms with Crippen LogP contribution < -0.4 is 10.6 Å². The number of pyridine rings is 1. The molecule has 0 bridgehead atoms. The number of amides is 1. The van der Waals surface area contributed by atoms with Gasteiger partial charge >= 0.3 is 5.97 Å². The number of hydrogen-bond donors (Lipinski definition) is 3. The predicted octanol–water partition coefficient (Wildman–Crippen LogP) is 3.56. The number of hydrogen-bond acceptors (Lipinski definition) is 5. The topological polar surface area (TPSA) is 94.6 Å². The fourth-order valence-electron chi connectivity index (χ4n) is 5.97. The number of carbonyl (C=O) groups excluding carboxylic acids is 1. The van der Waals surface area contributed by atoms with Crippen LogP contribution in [-0.4, -0.2) is 59.6 Å². The van der Waals surface area contributed by atoms with E-state index in [2.05, 4.69) is 33.7 Å². The van der Waals surface area contributed by atoms with Gasteiger partial charge in [0.15, 0.2) is 0 Å². The van der Waals surface area contributed by atoms with E-state index < -0.39 is 11.9 Å². The van der Waals surface area contributed by atoms with Crippen LogP contribution in [0.3, 0.4) is 0 Å². The number of nitrogens with one attached hydrogen (secondary N) is 2. The van der Waals surface area contributed by atoms with Crippen molar-refractivity contribution >= 4 is 17.7 Å². The second kappa shape index (κ2) is 11.4. The van der Waals surface area contributed by atoms with Gasteiger partial charge in [0.1, 0.15) is 5.82 Å². The summed E-state index contributed by atoms with van der Waals surface area (Å²) in [4.78, 5) is 32.1. The molecule has 36 heavy (non-hydrogen) atoms. The molecule has 0 radical (unpaired) electrons. The highest BCUT2D eigenvalue weighted by atomic mass is 16.4. The van der Waals surface area contributed by atoms with Crippen molar-refractivity contribution in [2.75, 3.05) is 38.0 Å². The van der Waals surface area contributed by atoms with Gasteiger partial charge in [-0.1, -0.05) is 24.3 Å². The number of benzene rings is 1. The summed E-state index contributed by atoms with van der Waals surface area (Å²) in [5.74, 6) is -0.649. The van der Waals surface area contributed by atoms with E-state index in [9.17, 15) is 14.7 Å². The third kappa shape index (κ3) is 5.89. The second-order valence-corrected chi connectivity index (χ2v) is 10.6. The number of nitrogens with zero attached hydrogens (tertiary/aromatic N) is 2. The minimum Gasteiger partial charge on any atom is -0.481 e. The van der Waals surface area contributed by atoms with Crippen molar-refractivity contribution in [3.05, 3.63) is 58.3 Å². The SMILES string of the molecule is O=C(NC[C@H](C(=O)O)c1ccc2c(c1)CCC2)[C@@H]1CCCN(CCCc2ccc3c(n2)NCCC3)C1. The molecule has 2 aromatic rings. The average molecular weight is 491 g/mol. The highest BCUT2D eigenvalue weighted by Crippen LogP contribution is 2.27. The highest BCUT2D eigenvalue weighted by molar-refractivity contribution is 5.81. The zero-order chi connectivity index (χ0) is 24.9. The van der Waals surface area contributed by atoms with Gasteiger partial charge in [0.25, 0.3) is 0 Å². The first-order valence-corrected chi connectivity index (χ1v) is 13.6. The molecule has 1 aliphatic carbocycles. The summed E-state index contributed by atoms with van der Waals surface area (Å²) in [6.45, 7) is 3.84. The van der Waals surface area contributed by atoms with Gasteiger partial charge < -0.3 is 20.6 Å². The molecule has 1 amide bonds. The first-order chi connectivity index (χ1) is 17.6. The number of piperidine rings is 1. The quantitative estimate of drug-likeness (QED) is 0.498. The molecule has 2 aliphatic heterocycles. The van der Waals surface area contributed by atoms with E-state index in [0.29, 0.717) is 0 Å². The predicted molar refractivity (Wildman–Crippen MR) is 140 cm³/mol. The monoisotopic (exact) mass is 490 g/mol. The van der Waals surface area contributed by atoms with Crippen molar-refractivity contribution in [2.24, 2.45) is 5.92 Å². The number of aryl methyl sites for hydroxylation is 4. The molecule has 3 heterocycles. The van der Waals surface area contributed by atoms with E-state index in [1.54, 1.807) is 0 Å². The normalized spacial score (nSPS) is 20.2. The van der Waals surface area contributed by atoms with Gasteiger partial charge in [-0.2, -0.15) is 0 Å². The Labute approximate surface area is 213 Å². The maximum Gasteiger partial charge on any atom is 0.312 e. The van der Waals surface area contributed by atoms with Crippen molar-refractivity contribution in [1.29, 1.82) is 0 Å². The molecule has 1 aromatic heterocycles. The van der Waals surface area contributed by atoms with Gasteiger partial charge in [0.05, 0.1) is 11.8 Å². The number of fused-ring (bicyclic) bond motifs is 2. The minimum atomic E-state index is -0.885. The first kappa shape index (κ1) is 24.8. The van der Waals surface area contributed by atoms with Crippen molar-refractivity contribution in [3.63, 3.8) is 0 Å². The van der Waals surface area contributed by atoms with Crippen LogP contribution in [0, 0.1) is 5.92 Å². The fraction of sp³-hybridized carbons (Fsp3) is 0.552. The van der Waals surface area contributed by atoms with Crippen molar-refractivity contribution in [3.8, 4) is 0 Å². The summed E-state index contributed by atoms with van der Waals surface area (Å²) in [6.07, 6.45) is 9.29. The number of carbonyl (C=O) groups is 2. The lowest BCUT2D eigenvalue weighted by atomic mass is 9.94. The lowest BCUT2D eigenvalue weighted by Gasteiger charge is -2.32. The van der Waals surface area contributed by atoms with Gasteiger partial charge in [-0.3, -0.25) is 9.59 Å². The second-order valence-electron chi connectivity index (χ2n) is 10.6. The highest BCUT2D eigenvalue weighted by Gasteiger charge is 2.28. The third-order valence-electron chi connectivity index (χ3n) is 8.04. The summed E-state index contributed by atoms with van der Waals surface area (Å²) in [5.41, 5.74) is 5.82. The molecule has 3 aliphatic rings. The molecule has 2 atom stereocenters. The third-order valence-corrected chi connectivity index (χ3v) is 8.04. The number of anilines is 1. The van der Waals surface area contributed by atoms with Crippen LogP contribution in [0.2, 0.25) is 0 Å². The molecule has 1 aromatic carbocycles. The Morgan fingerprint density at radius 2 is 1.92 bits per heavy atom. The molecule has 3 N–H and O–H groups in total. The van der Waals surface area contributed by atoms with Crippen LogP contribution in [0.4, 0.5) is 5.82 Å². The van der Waals surface area contributed by atoms with E-state index in [1.807, 2.05) is 12.1 Å². The Morgan fingerprint density at radius 1 is 1.08 bits per heavy atom. The van der Waals surface area contributed by atoms with Crippen LogP contribution in [0.1, 0.15) is 66.0 Å². The van der Waals surface area contributed by atoms with Gasteiger partial charge in [0.2, 0.25) is 5.91 Å². The maximum absolute atomic E-state index is 13.0. The molecule has 7 nitrogen and oxygen atoms in total. The van der Waals surface area contributed by atoms with Gasteiger partial charge in [0, 0.05) is 25.3 Å². The standard InChI is InChI=1S/C29H38N4O3/c34-28(31-18-26(29(35)36)23-11-10-20-5-1-6-22(20)17-23)24-8-3-15-33(19-24)16-4-9-25-13-12-21-7-2-14-30-27(21)32-25/h10-13,17,24,26H,1-9,14-16,18-19H2,(H,30,32)(H,31,34)(H,35,36)/t24-,26+/m1/s1. The van der Waals surface area contributed by atoms with Crippen LogP contribution >= 0.6 is 0 Å². The molecule has 0 spiro atoms. The van der Waals surface area contributed by atoms with E-state index in [-0.39, 0.29) is 18.4 Å². The number of carboxylic acids is 1. The molecule has 1 saturated heterocycles. The van der Waals surface area contributed by atoms with E-state index >= 15 is 0 Å². The van der Waals surface area contributed by atoms with Crippen LogP contribution in [-0.2, 0) is 35.3 Å². The number of aliphatic carboxylic acids is 1. The van der Waals surface area contributed by atoms with Gasteiger partial charge in [-0.05, 0) is 99.2 Å². The summed E-state index contributed by atoms with van der Waals surface area (Å²) in [6, 6.07) is 10.4. The van der Waals surface area contributed by atoms with E-state index in [4.69, 9.17) is 4.98 Å². The number of likely N-dealkylation sites (tertiary alicyclic amines) is 1. The zero-order valence-electron chi connectivity index (χ0n) is 21.1. The van der Waals surface area contributed by atoms with Crippen molar-refractivity contribution < 1.29 is 14.7 Å². The molecule has 5 rings (SSSR count).